The minimum atomic E-state index is -1.09. The van der Waals surface area contributed by atoms with E-state index in [0.29, 0.717) is 20.9 Å². The molecule has 1 aliphatic heterocycles. The average molecular weight is 489 g/mol. The number of amides is 1. The molecule has 1 aliphatic rings. The number of hydrogen-bond acceptors (Lipinski definition) is 10. The summed E-state index contributed by atoms with van der Waals surface area (Å²) in [4.78, 5) is 47.1. The van der Waals surface area contributed by atoms with Gasteiger partial charge in [0, 0.05) is 13.1 Å². The van der Waals surface area contributed by atoms with Gasteiger partial charge in [0.15, 0.2) is 11.5 Å². The second-order valence-corrected chi connectivity index (χ2v) is 8.16. The van der Waals surface area contributed by atoms with Gasteiger partial charge in [-0.15, -0.1) is 0 Å². The van der Waals surface area contributed by atoms with Crippen LogP contribution in [0.5, 0.6) is 11.5 Å². The Morgan fingerprint density at radius 3 is 2.45 bits per heavy atom. The Hall–Kier alpha value is -3.84. The fourth-order valence-corrected chi connectivity index (χ4v) is 3.96. The maximum Gasteiger partial charge on any atom is 0.350 e. The molecule has 0 bridgehead atoms. The minimum absolute atomic E-state index is 0.0188. The third kappa shape index (κ3) is 5.15. The lowest BCUT2D eigenvalue weighted by Gasteiger charge is -2.12. The van der Waals surface area contributed by atoms with E-state index < -0.39 is 32.8 Å². The molecule has 1 heterocycles. The first kappa shape index (κ1) is 23.8. The lowest BCUT2D eigenvalue weighted by Crippen LogP contribution is -2.22. The van der Waals surface area contributed by atoms with Crippen LogP contribution >= 0.6 is 24.0 Å². The maximum atomic E-state index is 12.6. The minimum Gasteiger partial charge on any atom is -0.490 e. The topological polar surface area (TPSA) is 142 Å². The molecule has 2 aromatic rings. The van der Waals surface area contributed by atoms with Crippen LogP contribution in [0, 0.1) is 20.2 Å². The number of carbonyl (C=O) groups excluding carboxylic acids is 2. The number of thiocarbonyl (C=S) groups is 1. The molecule has 0 aliphatic carbocycles. The Morgan fingerprint density at radius 1 is 1.15 bits per heavy atom. The molecule has 11 nitrogen and oxygen atoms in total. The summed E-state index contributed by atoms with van der Waals surface area (Å²) in [6.45, 7) is 1.93. The number of nitro groups is 2. The highest BCUT2D eigenvalue weighted by molar-refractivity contribution is 8.26. The molecule has 0 unspecified atom stereocenters. The second-order valence-electron chi connectivity index (χ2n) is 6.49. The quantitative estimate of drug-likeness (QED) is 0.140. The van der Waals surface area contributed by atoms with Gasteiger partial charge in [-0.05, 0) is 36.8 Å². The number of carbonyl (C=O) groups is 2. The van der Waals surface area contributed by atoms with Crippen LogP contribution in [-0.2, 0) is 4.79 Å². The third-order valence-electron chi connectivity index (χ3n) is 4.36. The zero-order chi connectivity index (χ0) is 24.3. The van der Waals surface area contributed by atoms with Crippen LogP contribution in [-0.4, -0.2) is 44.6 Å². The highest BCUT2D eigenvalue weighted by Gasteiger charge is 2.29. The monoisotopic (exact) mass is 489 g/mol. The van der Waals surface area contributed by atoms with Crippen LogP contribution in [0.15, 0.2) is 41.3 Å². The van der Waals surface area contributed by atoms with E-state index in [1.165, 1.54) is 11.0 Å². The van der Waals surface area contributed by atoms with Crippen LogP contribution < -0.4 is 9.47 Å². The van der Waals surface area contributed by atoms with Crippen LogP contribution in [0.3, 0.4) is 0 Å². The van der Waals surface area contributed by atoms with E-state index >= 15 is 0 Å². The number of ether oxygens (including phenoxy) is 2. The van der Waals surface area contributed by atoms with Crippen LogP contribution in [0.2, 0.25) is 0 Å². The van der Waals surface area contributed by atoms with Crippen molar-refractivity contribution in [3.8, 4) is 11.5 Å². The summed E-state index contributed by atoms with van der Waals surface area (Å²) in [5.74, 6) is -1.19. The van der Waals surface area contributed by atoms with E-state index in [4.69, 9.17) is 21.7 Å². The standard InChI is InChI=1S/C20H15N3O8S2/c1-3-30-16-8-11(9-17-18(24)21(2)20(32)33-17)4-7-15(16)31-19(25)13-6-5-12(22(26)27)10-14(13)23(28)29/h4-10H,3H2,1-2H3/b17-9-. The van der Waals surface area contributed by atoms with Gasteiger partial charge in [-0.2, -0.15) is 0 Å². The number of thioether (sulfide) groups is 1. The molecule has 0 spiro atoms. The number of esters is 1. The van der Waals surface area contributed by atoms with Gasteiger partial charge < -0.3 is 9.47 Å². The highest BCUT2D eigenvalue weighted by Crippen LogP contribution is 2.35. The zero-order valence-corrected chi connectivity index (χ0v) is 18.8. The van der Waals surface area contributed by atoms with Crippen LogP contribution in [0.25, 0.3) is 6.08 Å². The predicted octanol–water partition coefficient (Wildman–Crippen LogP) is 3.95. The van der Waals surface area contributed by atoms with Gasteiger partial charge in [0.2, 0.25) is 0 Å². The molecule has 0 saturated carbocycles. The Kier molecular flexibility index (Phi) is 7.04. The molecule has 2 aromatic carbocycles. The first-order valence-corrected chi connectivity index (χ1v) is 10.5. The number of hydrogen-bond donors (Lipinski definition) is 0. The van der Waals surface area contributed by atoms with E-state index in [0.717, 1.165) is 23.9 Å². The number of rotatable bonds is 7. The molecule has 3 rings (SSSR count). The van der Waals surface area contributed by atoms with E-state index in [-0.39, 0.29) is 24.0 Å². The fraction of sp³-hybridized carbons (Fsp3) is 0.150. The molecule has 170 valence electrons. The van der Waals surface area contributed by atoms with Gasteiger partial charge in [-0.1, -0.05) is 30.0 Å². The summed E-state index contributed by atoms with van der Waals surface area (Å²) >= 11 is 6.25. The van der Waals surface area contributed by atoms with E-state index in [9.17, 15) is 29.8 Å². The molecule has 13 heteroatoms. The van der Waals surface area contributed by atoms with Crippen molar-refractivity contribution in [3.63, 3.8) is 0 Å². The smallest absolute Gasteiger partial charge is 0.350 e. The van der Waals surface area contributed by atoms with Gasteiger partial charge in [0.05, 0.1) is 27.4 Å². The first-order valence-electron chi connectivity index (χ1n) is 9.25. The number of benzene rings is 2. The van der Waals surface area contributed by atoms with Gasteiger partial charge >= 0.3 is 5.97 Å². The van der Waals surface area contributed by atoms with Gasteiger partial charge in [-0.3, -0.25) is 29.9 Å². The SMILES string of the molecule is CCOc1cc(/C=C2\SC(=S)N(C)C2=O)ccc1OC(=O)c1ccc([N+](=O)[O-])cc1[N+](=O)[O-]. The zero-order valence-electron chi connectivity index (χ0n) is 17.2. The van der Waals surface area contributed by atoms with Crippen LogP contribution in [0.4, 0.5) is 11.4 Å². The third-order valence-corrected chi connectivity index (χ3v) is 5.85. The highest BCUT2D eigenvalue weighted by atomic mass is 32.2. The van der Waals surface area contributed by atoms with Crippen LogP contribution in [0.1, 0.15) is 22.8 Å². The molecule has 0 radical (unpaired) electrons. The van der Waals surface area contributed by atoms with Crippen molar-refractivity contribution in [1.82, 2.24) is 4.90 Å². The summed E-state index contributed by atoms with van der Waals surface area (Å²) < 4.78 is 11.2. The molecule has 1 amide bonds. The van der Waals surface area contributed by atoms with Gasteiger partial charge in [0.1, 0.15) is 9.88 Å². The second kappa shape index (κ2) is 9.75. The molecular formula is C20H15N3O8S2. The largest absolute Gasteiger partial charge is 0.490 e. The summed E-state index contributed by atoms with van der Waals surface area (Å²) in [5, 5.41) is 22.2. The Balaban J connectivity index is 1.92. The molecular weight excluding hydrogens is 474 g/mol. The lowest BCUT2D eigenvalue weighted by atomic mass is 10.1. The molecule has 0 aromatic heterocycles. The molecule has 33 heavy (non-hydrogen) atoms. The van der Waals surface area contributed by atoms with Crippen molar-refractivity contribution in [2.45, 2.75) is 6.92 Å². The number of likely N-dealkylation sites (N-methyl/N-ethyl adjacent to an activating group) is 1. The first-order chi connectivity index (χ1) is 15.6. The maximum absolute atomic E-state index is 12.6. The van der Waals surface area contributed by atoms with Crippen molar-refractivity contribution in [3.05, 3.63) is 72.7 Å². The normalized spacial score (nSPS) is 14.5. The van der Waals surface area contributed by atoms with Crippen molar-refractivity contribution in [1.29, 1.82) is 0 Å². The fourth-order valence-electron chi connectivity index (χ4n) is 2.78. The number of nitro benzene ring substituents is 2. The molecule has 0 N–H and O–H groups in total. The van der Waals surface area contributed by atoms with E-state index in [1.54, 1.807) is 32.2 Å². The summed E-state index contributed by atoms with van der Waals surface area (Å²) in [6, 6.07) is 7.14. The van der Waals surface area contributed by atoms with Crippen molar-refractivity contribution in [2.24, 2.45) is 0 Å². The predicted molar refractivity (Wildman–Crippen MR) is 123 cm³/mol. The lowest BCUT2D eigenvalue weighted by molar-refractivity contribution is -0.394. The summed E-state index contributed by atoms with van der Waals surface area (Å²) in [7, 11) is 1.57. The molecule has 1 fully saturated rings. The Labute approximate surface area is 196 Å². The number of non-ortho nitro benzene ring substituents is 1. The molecule has 0 atom stereocenters. The summed E-state index contributed by atoms with van der Waals surface area (Å²) in [6.07, 6.45) is 1.61. The van der Waals surface area contributed by atoms with E-state index in [2.05, 4.69) is 0 Å². The Bertz CT molecular complexity index is 1230. The number of nitrogens with zero attached hydrogens (tertiary/aromatic N) is 3. The Morgan fingerprint density at radius 2 is 1.88 bits per heavy atom. The van der Waals surface area contributed by atoms with Crippen molar-refractivity contribution >= 4 is 57.6 Å². The van der Waals surface area contributed by atoms with Gasteiger partial charge in [-0.25, -0.2) is 4.79 Å². The van der Waals surface area contributed by atoms with Crippen molar-refractivity contribution in [2.75, 3.05) is 13.7 Å². The van der Waals surface area contributed by atoms with E-state index in [1.807, 2.05) is 0 Å². The summed E-state index contributed by atoms with van der Waals surface area (Å²) in [5.41, 5.74) is -1.17. The van der Waals surface area contributed by atoms with Crippen molar-refractivity contribution < 1.29 is 28.9 Å². The molecule has 1 saturated heterocycles. The van der Waals surface area contributed by atoms with Gasteiger partial charge in [0.25, 0.3) is 17.3 Å². The average Bonchev–Trinajstić information content (AvgIpc) is 3.01.